The maximum atomic E-state index is 12.9. The van der Waals surface area contributed by atoms with E-state index in [1.807, 2.05) is 0 Å². The maximum Gasteiger partial charge on any atom is 0.306 e. The Hall–Kier alpha value is -3.41. The van der Waals surface area contributed by atoms with Gasteiger partial charge in [-0.15, -0.1) is 0 Å². The molecule has 0 fully saturated rings. The fraction of sp³-hybridized carbons (Fsp3) is 0.734. The van der Waals surface area contributed by atoms with Crippen molar-refractivity contribution in [2.45, 2.75) is 290 Å². The number of hydrogen-bond donors (Lipinski definition) is 0. The molecule has 0 saturated heterocycles. The summed E-state index contributed by atoms with van der Waals surface area (Å²) in [6, 6.07) is 0. The summed E-state index contributed by atoms with van der Waals surface area (Å²) in [5.74, 6) is -0.900. The molecule has 1 unspecified atom stereocenters. The van der Waals surface area contributed by atoms with E-state index < -0.39 is 6.10 Å². The van der Waals surface area contributed by atoms with Gasteiger partial charge in [0.15, 0.2) is 6.10 Å². The minimum absolute atomic E-state index is 0.0834. The van der Waals surface area contributed by atoms with Crippen molar-refractivity contribution in [3.8, 4) is 0 Å². The van der Waals surface area contributed by atoms with Crippen LogP contribution < -0.4 is 0 Å². The van der Waals surface area contributed by atoms with Gasteiger partial charge < -0.3 is 14.2 Å². The van der Waals surface area contributed by atoms with E-state index in [4.69, 9.17) is 14.2 Å². The third-order valence-corrected chi connectivity index (χ3v) is 12.6. The van der Waals surface area contributed by atoms with E-state index in [0.29, 0.717) is 19.3 Å². The Bertz CT molecular complexity index is 1350. The van der Waals surface area contributed by atoms with Crippen molar-refractivity contribution in [2.75, 3.05) is 13.2 Å². The second-order valence-corrected chi connectivity index (χ2v) is 19.5. The third kappa shape index (κ3) is 55.5. The minimum Gasteiger partial charge on any atom is -0.462 e. The summed E-state index contributed by atoms with van der Waals surface area (Å²) in [5, 5.41) is 0. The number of carbonyl (C=O) groups is 3. The summed E-state index contributed by atoms with van der Waals surface area (Å²) in [7, 11) is 0. The average Bonchev–Trinajstić information content (AvgIpc) is 3.36. The Morgan fingerprint density at radius 3 is 0.871 bits per heavy atom. The summed E-state index contributed by atoms with van der Waals surface area (Å²) in [6.45, 7) is 6.50. The second kappa shape index (κ2) is 58.2. The van der Waals surface area contributed by atoms with Gasteiger partial charge in [0.1, 0.15) is 13.2 Å². The molecule has 0 aliphatic heterocycles. The molecular weight excluding hydrogens is 865 g/mol. The number of esters is 3. The lowest BCUT2D eigenvalue weighted by Crippen LogP contribution is -2.30. The lowest BCUT2D eigenvalue weighted by Gasteiger charge is -2.18. The Morgan fingerprint density at radius 2 is 0.557 bits per heavy atom. The van der Waals surface area contributed by atoms with Gasteiger partial charge in [0, 0.05) is 19.3 Å². The largest absolute Gasteiger partial charge is 0.462 e. The first-order chi connectivity index (χ1) is 34.5. The summed E-state index contributed by atoms with van der Waals surface area (Å²) >= 11 is 0. The van der Waals surface area contributed by atoms with Crippen LogP contribution in [0, 0.1) is 0 Å². The predicted octanol–water partition coefficient (Wildman–Crippen LogP) is 19.9. The fourth-order valence-electron chi connectivity index (χ4n) is 8.21. The smallest absolute Gasteiger partial charge is 0.306 e. The molecule has 1 atom stereocenters. The number of unbranched alkanes of at least 4 members (excludes halogenated alkanes) is 28. The summed E-state index contributed by atoms with van der Waals surface area (Å²) in [6.07, 6.45) is 75.8. The highest BCUT2D eigenvalue weighted by molar-refractivity contribution is 5.71. The van der Waals surface area contributed by atoms with E-state index in [9.17, 15) is 14.4 Å². The molecule has 0 aromatic rings. The van der Waals surface area contributed by atoms with E-state index in [1.54, 1.807) is 0 Å². The lowest BCUT2D eigenvalue weighted by atomic mass is 10.1. The van der Waals surface area contributed by atoms with E-state index >= 15 is 0 Å². The Labute approximate surface area is 433 Å². The van der Waals surface area contributed by atoms with Crippen molar-refractivity contribution in [2.24, 2.45) is 0 Å². The van der Waals surface area contributed by atoms with Crippen LogP contribution in [-0.4, -0.2) is 37.2 Å². The molecule has 0 saturated carbocycles. The molecule has 0 aromatic heterocycles. The van der Waals surface area contributed by atoms with Crippen molar-refractivity contribution in [1.29, 1.82) is 0 Å². The zero-order valence-corrected chi connectivity index (χ0v) is 46.0. The zero-order chi connectivity index (χ0) is 50.7. The monoisotopic (exact) mass is 975 g/mol. The second-order valence-electron chi connectivity index (χ2n) is 19.5. The molecule has 0 aliphatic rings. The standard InChI is InChI=1S/C64H110O6/c1-4-7-10-13-16-19-22-24-26-28-30-31-32-33-35-36-38-40-42-45-48-51-54-57-63(66)69-60-61(59-68-62(65)56-53-50-47-44-21-18-15-12-9-6-3)70-64(67)58-55-52-49-46-43-41-39-37-34-29-27-25-23-20-17-14-11-8-5-2/h8,11,17,20,22,24-25,27-28,30,32-34,37,61H,4-7,9-10,12-16,18-19,21,23,26,29,31,35-36,38-60H2,1-3H3/b11-8-,20-17-,24-22-,27-25-,30-28-,33-32-,37-34-. The van der Waals surface area contributed by atoms with E-state index in [1.165, 1.54) is 128 Å². The van der Waals surface area contributed by atoms with Crippen LogP contribution >= 0.6 is 0 Å². The fourth-order valence-corrected chi connectivity index (χ4v) is 8.21. The SMILES string of the molecule is CC/C=C\C/C=C\C/C=C\C/C=C\CCCCCCCCC(=O)OC(COC(=O)CCCCCCCCCC/C=C\C/C=C\C/C=C\CCCCCCC)COC(=O)CCCCCCCCCCCC. The maximum absolute atomic E-state index is 12.9. The molecule has 0 N–H and O–H groups in total. The first kappa shape index (κ1) is 66.6. The van der Waals surface area contributed by atoms with Crippen molar-refractivity contribution < 1.29 is 28.6 Å². The summed E-state index contributed by atoms with van der Waals surface area (Å²) < 4.78 is 16.8. The molecule has 0 heterocycles. The number of allylic oxidation sites excluding steroid dienone is 14. The number of ether oxygens (including phenoxy) is 3. The molecule has 402 valence electrons. The van der Waals surface area contributed by atoms with E-state index in [0.717, 1.165) is 116 Å². The van der Waals surface area contributed by atoms with Gasteiger partial charge in [0.2, 0.25) is 0 Å². The Morgan fingerprint density at radius 1 is 0.300 bits per heavy atom. The van der Waals surface area contributed by atoms with Gasteiger partial charge in [-0.25, -0.2) is 0 Å². The topological polar surface area (TPSA) is 78.9 Å². The van der Waals surface area contributed by atoms with Crippen LogP contribution in [0.1, 0.15) is 284 Å². The first-order valence-corrected chi connectivity index (χ1v) is 29.6. The minimum atomic E-state index is -0.786. The van der Waals surface area contributed by atoms with Gasteiger partial charge >= 0.3 is 17.9 Å². The highest BCUT2D eigenvalue weighted by Gasteiger charge is 2.19. The lowest BCUT2D eigenvalue weighted by molar-refractivity contribution is -0.167. The predicted molar refractivity (Wildman–Crippen MR) is 302 cm³/mol. The van der Waals surface area contributed by atoms with Crippen LogP contribution in [0.2, 0.25) is 0 Å². The molecule has 6 nitrogen and oxygen atoms in total. The summed E-state index contributed by atoms with van der Waals surface area (Å²) in [5.41, 5.74) is 0. The quantitative estimate of drug-likeness (QED) is 0.0261. The van der Waals surface area contributed by atoms with Crippen LogP contribution in [0.3, 0.4) is 0 Å². The van der Waals surface area contributed by atoms with Crippen LogP contribution in [0.25, 0.3) is 0 Å². The zero-order valence-electron chi connectivity index (χ0n) is 46.0. The van der Waals surface area contributed by atoms with Gasteiger partial charge in [-0.1, -0.05) is 254 Å². The molecule has 0 aromatic carbocycles. The molecule has 0 aliphatic carbocycles. The number of rotatable bonds is 53. The van der Waals surface area contributed by atoms with E-state index in [-0.39, 0.29) is 31.1 Å². The van der Waals surface area contributed by atoms with Gasteiger partial charge in [-0.05, 0) is 96.3 Å². The molecule has 0 bridgehead atoms. The van der Waals surface area contributed by atoms with Crippen molar-refractivity contribution in [3.63, 3.8) is 0 Å². The third-order valence-electron chi connectivity index (χ3n) is 12.6. The van der Waals surface area contributed by atoms with Crippen molar-refractivity contribution in [1.82, 2.24) is 0 Å². The molecule has 0 radical (unpaired) electrons. The molecule has 70 heavy (non-hydrogen) atoms. The summed E-state index contributed by atoms with van der Waals surface area (Å²) in [4.78, 5) is 38.1. The van der Waals surface area contributed by atoms with Crippen LogP contribution in [-0.2, 0) is 28.6 Å². The van der Waals surface area contributed by atoms with E-state index in [2.05, 4.69) is 106 Å². The van der Waals surface area contributed by atoms with Gasteiger partial charge in [0.05, 0.1) is 0 Å². The van der Waals surface area contributed by atoms with Crippen molar-refractivity contribution >= 4 is 17.9 Å². The van der Waals surface area contributed by atoms with Gasteiger partial charge in [0.25, 0.3) is 0 Å². The Kier molecular flexibility index (Phi) is 55.3. The molecular formula is C64H110O6. The number of carbonyl (C=O) groups excluding carboxylic acids is 3. The molecule has 0 rings (SSSR count). The normalized spacial score (nSPS) is 12.7. The van der Waals surface area contributed by atoms with Crippen molar-refractivity contribution in [3.05, 3.63) is 85.1 Å². The highest BCUT2D eigenvalue weighted by atomic mass is 16.6. The average molecular weight is 976 g/mol. The van der Waals surface area contributed by atoms with Crippen LogP contribution in [0.5, 0.6) is 0 Å². The van der Waals surface area contributed by atoms with Crippen LogP contribution in [0.4, 0.5) is 0 Å². The molecule has 0 spiro atoms. The number of hydrogen-bond acceptors (Lipinski definition) is 6. The van der Waals surface area contributed by atoms with Gasteiger partial charge in [-0.2, -0.15) is 0 Å². The van der Waals surface area contributed by atoms with Crippen LogP contribution in [0.15, 0.2) is 85.1 Å². The van der Waals surface area contributed by atoms with Gasteiger partial charge in [-0.3, -0.25) is 14.4 Å². The molecule has 6 heteroatoms. The Balaban J connectivity index is 4.33. The highest BCUT2D eigenvalue weighted by Crippen LogP contribution is 2.15. The molecule has 0 amide bonds. The first-order valence-electron chi connectivity index (χ1n) is 29.6.